The normalized spacial score (nSPS) is 12.5. The summed E-state index contributed by atoms with van der Waals surface area (Å²) in [6, 6.07) is 5.33. The minimum atomic E-state index is -0.680. The number of halogens is 2. The highest BCUT2D eigenvalue weighted by Gasteiger charge is 2.20. The predicted molar refractivity (Wildman–Crippen MR) is 96.4 cm³/mol. The topological polar surface area (TPSA) is 99.8 Å². The molecule has 0 fully saturated rings. The molecule has 1 atom stereocenters. The van der Waals surface area contributed by atoms with E-state index >= 15 is 0 Å². The fraction of sp³-hybridized carbons (Fsp3) is 0.235. The molecule has 0 aliphatic carbocycles. The smallest absolute Gasteiger partial charge is 0.267 e. The molecule has 4 N–H and O–H groups in total. The molecule has 0 spiro atoms. The quantitative estimate of drug-likeness (QED) is 0.744. The molecule has 130 valence electrons. The van der Waals surface area contributed by atoms with Crippen LogP contribution in [0.3, 0.4) is 0 Å². The van der Waals surface area contributed by atoms with Gasteiger partial charge in [0.1, 0.15) is 17.5 Å². The Hall–Kier alpha value is -2.51. The van der Waals surface area contributed by atoms with Gasteiger partial charge in [-0.2, -0.15) is 0 Å². The summed E-state index contributed by atoms with van der Waals surface area (Å²) in [6.45, 7) is 1.99. The van der Waals surface area contributed by atoms with Crippen molar-refractivity contribution in [1.29, 1.82) is 0 Å². The molecule has 0 radical (unpaired) electrons. The van der Waals surface area contributed by atoms with E-state index in [0.29, 0.717) is 29.3 Å². The summed E-state index contributed by atoms with van der Waals surface area (Å²) in [4.78, 5) is 21.6. The first-order valence-electron chi connectivity index (χ1n) is 7.82. The number of nitrogen functional groups attached to an aromatic ring is 1. The first-order valence-corrected chi connectivity index (χ1v) is 8.20. The number of rotatable bonds is 4. The number of nitrogens with zero attached hydrogens (tertiary/aromatic N) is 3. The number of pyridine rings is 1. The summed E-state index contributed by atoms with van der Waals surface area (Å²) in [5.41, 5.74) is 12.1. The highest BCUT2D eigenvalue weighted by Crippen LogP contribution is 2.25. The molecule has 0 aliphatic rings. The van der Waals surface area contributed by atoms with E-state index in [0.717, 1.165) is 6.42 Å². The van der Waals surface area contributed by atoms with Crippen molar-refractivity contribution >= 4 is 28.3 Å². The maximum atomic E-state index is 13.8. The Labute approximate surface area is 148 Å². The van der Waals surface area contributed by atoms with E-state index in [9.17, 15) is 9.18 Å². The summed E-state index contributed by atoms with van der Waals surface area (Å²) >= 11 is 6.01. The lowest BCUT2D eigenvalue weighted by Gasteiger charge is -2.18. The van der Waals surface area contributed by atoms with Gasteiger partial charge in [0.25, 0.3) is 5.56 Å². The van der Waals surface area contributed by atoms with Crippen molar-refractivity contribution in [1.82, 2.24) is 14.5 Å². The van der Waals surface area contributed by atoms with Gasteiger partial charge < -0.3 is 11.5 Å². The first kappa shape index (κ1) is 17.3. The lowest BCUT2D eigenvalue weighted by Crippen LogP contribution is -2.29. The van der Waals surface area contributed by atoms with Gasteiger partial charge in [-0.25, -0.2) is 14.4 Å². The molecule has 2 heterocycles. The SMILES string of the molecule is CCC[C@H](N)c1nc2ccc(F)c(Cl)c2c(=O)n1-c1ccc(N)nc1. The van der Waals surface area contributed by atoms with Crippen molar-refractivity contribution in [2.45, 2.75) is 25.8 Å². The summed E-state index contributed by atoms with van der Waals surface area (Å²) < 4.78 is 15.2. The number of aromatic nitrogens is 3. The molecular weight excluding hydrogens is 345 g/mol. The number of nitrogens with two attached hydrogens (primary N) is 2. The van der Waals surface area contributed by atoms with Gasteiger partial charge in [-0.1, -0.05) is 24.9 Å². The summed E-state index contributed by atoms with van der Waals surface area (Å²) in [5.74, 6) is 0.00304. The molecular formula is C17H17ClFN5O. The van der Waals surface area contributed by atoms with Crippen LogP contribution in [0.4, 0.5) is 10.2 Å². The summed E-state index contributed by atoms with van der Waals surface area (Å²) in [5, 5.41) is -0.256. The van der Waals surface area contributed by atoms with E-state index in [1.165, 1.54) is 22.9 Å². The Bertz CT molecular complexity index is 987. The number of hydrogen-bond donors (Lipinski definition) is 2. The minimum absolute atomic E-state index is 0.00550. The second-order valence-electron chi connectivity index (χ2n) is 5.70. The second kappa shape index (κ2) is 6.78. The molecule has 3 rings (SSSR count). The van der Waals surface area contributed by atoms with Crippen LogP contribution in [0.25, 0.3) is 16.6 Å². The van der Waals surface area contributed by atoms with Crippen LogP contribution in [0.15, 0.2) is 35.3 Å². The Balaban J connectivity index is 2.39. The third kappa shape index (κ3) is 3.08. The molecule has 2 aromatic heterocycles. The third-order valence-corrected chi connectivity index (χ3v) is 4.28. The Morgan fingerprint density at radius 1 is 1.32 bits per heavy atom. The Kier molecular flexibility index (Phi) is 4.69. The molecule has 0 unspecified atom stereocenters. The average molecular weight is 362 g/mol. The second-order valence-corrected chi connectivity index (χ2v) is 6.08. The number of benzene rings is 1. The van der Waals surface area contributed by atoms with E-state index in [1.54, 1.807) is 12.1 Å². The molecule has 0 saturated heterocycles. The number of fused-ring (bicyclic) bond motifs is 1. The molecule has 3 aromatic rings. The Morgan fingerprint density at radius 3 is 2.72 bits per heavy atom. The fourth-order valence-corrected chi connectivity index (χ4v) is 2.94. The van der Waals surface area contributed by atoms with E-state index in [2.05, 4.69) is 9.97 Å². The van der Waals surface area contributed by atoms with Gasteiger partial charge >= 0.3 is 0 Å². The van der Waals surface area contributed by atoms with Crippen LogP contribution in [-0.2, 0) is 0 Å². The van der Waals surface area contributed by atoms with Crippen LogP contribution in [0.1, 0.15) is 31.6 Å². The van der Waals surface area contributed by atoms with Crippen LogP contribution in [0.5, 0.6) is 0 Å². The first-order chi connectivity index (χ1) is 11.9. The summed E-state index contributed by atoms with van der Waals surface area (Å²) in [6.07, 6.45) is 2.90. The van der Waals surface area contributed by atoms with E-state index in [1.807, 2.05) is 6.92 Å². The average Bonchev–Trinajstić information content (AvgIpc) is 2.59. The van der Waals surface area contributed by atoms with Gasteiger partial charge in [0.15, 0.2) is 0 Å². The van der Waals surface area contributed by atoms with Crippen LogP contribution >= 0.6 is 11.6 Å². The lowest BCUT2D eigenvalue weighted by atomic mass is 10.1. The molecule has 0 amide bonds. The highest BCUT2D eigenvalue weighted by molar-refractivity contribution is 6.35. The predicted octanol–water partition coefficient (Wildman–Crippen LogP) is 2.96. The van der Waals surface area contributed by atoms with Crippen molar-refractivity contribution < 1.29 is 4.39 Å². The fourth-order valence-electron chi connectivity index (χ4n) is 2.69. The number of anilines is 1. The lowest BCUT2D eigenvalue weighted by molar-refractivity contribution is 0.582. The van der Waals surface area contributed by atoms with Crippen molar-refractivity contribution in [2.24, 2.45) is 5.73 Å². The van der Waals surface area contributed by atoms with Crippen molar-refractivity contribution in [3.05, 3.63) is 57.5 Å². The number of hydrogen-bond acceptors (Lipinski definition) is 5. The maximum absolute atomic E-state index is 13.8. The van der Waals surface area contributed by atoms with Crippen LogP contribution in [0.2, 0.25) is 5.02 Å². The minimum Gasteiger partial charge on any atom is -0.384 e. The van der Waals surface area contributed by atoms with Crippen LogP contribution in [-0.4, -0.2) is 14.5 Å². The van der Waals surface area contributed by atoms with Crippen molar-refractivity contribution in [3.8, 4) is 5.69 Å². The van der Waals surface area contributed by atoms with Gasteiger partial charge in [-0.05, 0) is 30.7 Å². The zero-order valence-corrected chi connectivity index (χ0v) is 14.3. The largest absolute Gasteiger partial charge is 0.384 e. The van der Waals surface area contributed by atoms with Crippen LogP contribution < -0.4 is 17.0 Å². The molecule has 0 bridgehead atoms. The molecule has 0 aliphatic heterocycles. The molecule has 1 aromatic carbocycles. The van der Waals surface area contributed by atoms with E-state index in [4.69, 9.17) is 23.1 Å². The highest BCUT2D eigenvalue weighted by atomic mass is 35.5. The zero-order chi connectivity index (χ0) is 18.1. The molecule has 0 saturated carbocycles. The summed E-state index contributed by atoms with van der Waals surface area (Å²) in [7, 11) is 0. The standard InChI is InChI=1S/C17H17ClFN5O/c1-2-3-11(20)16-23-12-6-5-10(19)15(18)14(12)17(25)24(16)9-4-7-13(21)22-8-9/h4-8,11H,2-3,20H2,1H3,(H2,21,22)/t11-/m0/s1. The molecule has 6 nitrogen and oxygen atoms in total. The molecule has 8 heteroatoms. The van der Waals surface area contributed by atoms with Gasteiger partial charge in [0.2, 0.25) is 0 Å². The van der Waals surface area contributed by atoms with Gasteiger partial charge in [-0.3, -0.25) is 9.36 Å². The van der Waals surface area contributed by atoms with E-state index in [-0.39, 0.29) is 10.4 Å². The van der Waals surface area contributed by atoms with E-state index < -0.39 is 17.4 Å². The maximum Gasteiger partial charge on any atom is 0.267 e. The monoisotopic (exact) mass is 361 g/mol. The van der Waals surface area contributed by atoms with Crippen LogP contribution in [0, 0.1) is 5.82 Å². The van der Waals surface area contributed by atoms with Crippen molar-refractivity contribution in [3.63, 3.8) is 0 Å². The molecule has 25 heavy (non-hydrogen) atoms. The zero-order valence-electron chi connectivity index (χ0n) is 13.5. The third-order valence-electron chi connectivity index (χ3n) is 3.91. The van der Waals surface area contributed by atoms with Gasteiger partial charge in [0, 0.05) is 0 Å². The Morgan fingerprint density at radius 2 is 2.08 bits per heavy atom. The van der Waals surface area contributed by atoms with Gasteiger partial charge in [0.05, 0.1) is 33.9 Å². The van der Waals surface area contributed by atoms with Crippen molar-refractivity contribution in [2.75, 3.05) is 5.73 Å². The van der Waals surface area contributed by atoms with Gasteiger partial charge in [-0.15, -0.1) is 0 Å².